The fourth-order valence-corrected chi connectivity index (χ4v) is 4.37. The van der Waals surface area contributed by atoms with E-state index in [1.165, 1.54) is 17.0 Å². The van der Waals surface area contributed by atoms with Gasteiger partial charge in [0.25, 0.3) is 11.6 Å². The van der Waals surface area contributed by atoms with Crippen LogP contribution in [0.25, 0.3) is 10.8 Å². The maximum Gasteiger partial charge on any atom is 0.490 e. The molecule has 13 heteroatoms. The van der Waals surface area contributed by atoms with Crippen LogP contribution in [0.2, 0.25) is 0 Å². The first-order valence-electron chi connectivity index (χ1n) is 9.38. The van der Waals surface area contributed by atoms with Crippen molar-refractivity contribution in [2.75, 3.05) is 11.4 Å². The van der Waals surface area contributed by atoms with Gasteiger partial charge in [0.05, 0.1) is 16.0 Å². The fraction of sp³-hybridized carbons (Fsp3) is 0.316. The minimum atomic E-state index is -5.08. The Morgan fingerprint density at radius 2 is 1.78 bits per heavy atom. The molecule has 0 saturated carbocycles. The van der Waals surface area contributed by atoms with Gasteiger partial charge in [0.2, 0.25) is 0 Å². The number of piperazine rings is 1. The maximum atomic E-state index is 12.9. The fourth-order valence-electron chi connectivity index (χ4n) is 4.37. The third-order valence-corrected chi connectivity index (χ3v) is 5.66. The predicted molar refractivity (Wildman–Crippen MR) is 103 cm³/mol. The average Bonchev–Trinajstić information content (AvgIpc) is 3.41. The number of carbonyl (C=O) groups excluding carboxylic acids is 2. The van der Waals surface area contributed by atoms with E-state index in [1.54, 1.807) is 29.2 Å². The smallest absolute Gasteiger partial charge is 0.475 e. The Hall–Kier alpha value is -3.74. The number of carboxylic acid groups (broad SMARTS) is 1. The van der Waals surface area contributed by atoms with Gasteiger partial charge in [-0.25, -0.2) is 14.5 Å². The largest absolute Gasteiger partial charge is 0.490 e. The molecule has 0 unspecified atom stereocenters. The molecule has 2 aromatic carbocycles. The normalized spacial score (nSPS) is 23.9. The predicted octanol–water partition coefficient (Wildman–Crippen LogP) is 2.26. The quantitative estimate of drug-likeness (QED) is 0.406. The highest BCUT2D eigenvalue weighted by Gasteiger charge is 2.59. The molecule has 3 atom stereocenters. The van der Waals surface area contributed by atoms with Crippen molar-refractivity contribution in [1.82, 2.24) is 10.2 Å². The van der Waals surface area contributed by atoms with Crippen LogP contribution in [0, 0.1) is 10.1 Å². The zero-order valence-electron chi connectivity index (χ0n) is 16.1. The SMILES string of the molecule is O=C(O)C(F)(F)F.O=C1[C@@H]2[C@@H]3C[C@@H](CN3)N2C(=O)N1c1ccc([N+](=O)[O-])c2ccccc12. The summed E-state index contributed by atoms with van der Waals surface area (Å²) in [5.74, 6) is -3.02. The van der Waals surface area contributed by atoms with Crippen LogP contribution in [0.15, 0.2) is 36.4 Å². The Labute approximate surface area is 177 Å². The second kappa shape index (κ2) is 7.44. The molecule has 0 radical (unpaired) electrons. The van der Waals surface area contributed by atoms with Crippen LogP contribution in [0.5, 0.6) is 0 Å². The molecule has 3 heterocycles. The van der Waals surface area contributed by atoms with Crippen molar-refractivity contribution in [3.05, 3.63) is 46.5 Å². The first kappa shape index (κ1) is 21.5. The number of carboxylic acids is 1. The number of non-ortho nitro benzene ring substituents is 1. The van der Waals surface area contributed by atoms with Crippen molar-refractivity contribution in [2.24, 2.45) is 0 Å². The van der Waals surface area contributed by atoms with E-state index in [0.717, 1.165) is 6.42 Å². The van der Waals surface area contributed by atoms with Crippen molar-refractivity contribution in [3.63, 3.8) is 0 Å². The topological polar surface area (TPSA) is 133 Å². The first-order chi connectivity index (χ1) is 15.0. The number of urea groups is 1. The van der Waals surface area contributed by atoms with Gasteiger partial charge in [0.15, 0.2) is 0 Å². The van der Waals surface area contributed by atoms with E-state index in [-0.39, 0.29) is 29.7 Å². The van der Waals surface area contributed by atoms with Crippen LogP contribution in [-0.2, 0) is 9.59 Å². The lowest BCUT2D eigenvalue weighted by Gasteiger charge is -2.26. The molecule has 5 rings (SSSR count). The molecule has 2 bridgehead atoms. The van der Waals surface area contributed by atoms with Gasteiger partial charge in [-0.15, -0.1) is 0 Å². The third kappa shape index (κ3) is 3.30. The number of halogens is 3. The minimum absolute atomic E-state index is 0.00392. The van der Waals surface area contributed by atoms with Crippen LogP contribution in [0.3, 0.4) is 0 Å². The van der Waals surface area contributed by atoms with Gasteiger partial charge in [-0.3, -0.25) is 14.9 Å². The number of nitro benzene ring substituents is 1. The van der Waals surface area contributed by atoms with Gasteiger partial charge in [-0.2, -0.15) is 13.2 Å². The standard InChI is InChI=1S/C17H14N4O4.C2HF3O2/c22-16-15-12-7-9(8-18-12)19(15)17(23)20(16)13-5-6-14(21(24)25)11-4-2-1-3-10(11)13;3-2(4,5)1(6)7/h1-6,9,12,15,18H,7-8H2;(H,6,7)/t9-,12-,15-;/m0./s1. The summed E-state index contributed by atoms with van der Waals surface area (Å²) >= 11 is 0. The van der Waals surface area contributed by atoms with Crippen molar-refractivity contribution < 1.29 is 37.6 Å². The monoisotopic (exact) mass is 452 g/mol. The molecule has 0 aromatic heterocycles. The van der Waals surface area contributed by atoms with Crippen molar-refractivity contribution in [3.8, 4) is 0 Å². The molecule has 3 aliphatic heterocycles. The molecule has 3 aliphatic rings. The number of anilines is 1. The van der Waals surface area contributed by atoms with Gasteiger partial charge >= 0.3 is 18.2 Å². The van der Waals surface area contributed by atoms with Crippen LogP contribution in [0.1, 0.15) is 6.42 Å². The Morgan fingerprint density at radius 1 is 1.16 bits per heavy atom. The summed E-state index contributed by atoms with van der Waals surface area (Å²) in [5.41, 5.74) is 0.366. The molecular weight excluding hydrogens is 437 g/mol. The number of amides is 3. The number of nitro groups is 1. The molecular formula is C19H15F3N4O6. The summed E-state index contributed by atoms with van der Waals surface area (Å²) < 4.78 is 31.7. The van der Waals surface area contributed by atoms with Crippen molar-refractivity contribution in [2.45, 2.75) is 30.7 Å². The van der Waals surface area contributed by atoms with Gasteiger partial charge in [0.1, 0.15) is 6.04 Å². The Bertz CT molecular complexity index is 1130. The molecule has 3 saturated heterocycles. The number of fused-ring (bicyclic) bond motifs is 6. The highest BCUT2D eigenvalue weighted by molar-refractivity contribution is 6.25. The van der Waals surface area contributed by atoms with E-state index in [1.807, 2.05) is 0 Å². The van der Waals surface area contributed by atoms with Crippen LogP contribution in [0.4, 0.5) is 29.3 Å². The second-order valence-electron chi connectivity index (χ2n) is 7.42. The maximum absolute atomic E-state index is 12.9. The van der Waals surface area contributed by atoms with E-state index in [9.17, 15) is 32.9 Å². The van der Waals surface area contributed by atoms with Crippen LogP contribution >= 0.6 is 0 Å². The molecule has 168 valence electrons. The number of carbonyl (C=O) groups is 3. The lowest BCUT2D eigenvalue weighted by molar-refractivity contribution is -0.383. The molecule has 10 nitrogen and oxygen atoms in total. The summed E-state index contributed by atoms with van der Waals surface area (Å²) in [6, 6.07) is 8.87. The lowest BCUT2D eigenvalue weighted by Crippen LogP contribution is -2.51. The molecule has 3 fully saturated rings. The molecule has 3 amide bonds. The summed E-state index contributed by atoms with van der Waals surface area (Å²) in [5, 5.41) is 22.6. The van der Waals surface area contributed by atoms with Crippen LogP contribution < -0.4 is 10.2 Å². The number of rotatable bonds is 2. The molecule has 2 N–H and O–H groups in total. The summed E-state index contributed by atoms with van der Waals surface area (Å²) in [6.07, 6.45) is -4.28. The van der Waals surface area contributed by atoms with Gasteiger partial charge < -0.3 is 15.3 Å². The number of hydrogen-bond acceptors (Lipinski definition) is 6. The Morgan fingerprint density at radius 3 is 2.34 bits per heavy atom. The number of benzene rings is 2. The summed E-state index contributed by atoms with van der Waals surface area (Å²) in [7, 11) is 0. The highest BCUT2D eigenvalue weighted by atomic mass is 19.4. The number of imide groups is 1. The zero-order valence-corrected chi connectivity index (χ0v) is 16.1. The Balaban J connectivity index is 0.000000307. The molecule has 2 aromatic rings. The van der Waals surface area contributed by atoms with Crippen molar-refractivity contribution >= 4 is 40.1 Å². The number of nitrogens with zero attached hydrogens (tertiary/aromatic N) is 3. The Kier molecular flexibility index (Phi) is 5.00. The van der Waals surface area contributed by atoms with E-state index < -0.39 is 23.1 Å². The number of aliphatic carboxylic acids is 1. The second-order valence-corrected chi connectivity index (χ2v) is 7.42. The van der Waals surface area contributed by atoms with Gasteiger partial charge in [-0.1, -0.05) is 18.2 Å². The van der Waals surface area contributed by atoms with E-state index in [4.69, 9.17) is 9.90 Å². The number of alkyl halides is 3. The molecule has 0 aliphatic carbocycles. The molecule has 32 heavy (non-hydrogen) atoms. The van der Waals surface area contributed by atoms with Gasteiger partial charge in [0, 0.05) is 30.1 Å². The average molecular weight is 452 g/mol. The van der Waals surface area contributed by atoms with E-state index in [0.29, 0.717) is 23.0 Å². The van der Waals surface area contributed by atoms with Crippen LogP contribution in [-0.4, -0.2) is 63.7 Å². The summed E-state index contributed by atoms with van der Waals surface area (Å²) in [6.45, 7) is 0.703. The van der Waals surface area contributed by atoms with E-state index in [2.05, 4.69) is 5.32 Å². The van der Waals surface area contributed by atoms with E-state index >= 15 is 0 Å². The first-order valence-corrected chi connectivity index (χ1v) is 9.38. The number of nitrogens with one attached hydrogen (secondary N) is 1. The number of hydrogen-bond donors (Lipinski definition) is 2. The van der Waals surface area contributed by atoms with Gasteiger partial charge in [-0.05, 0) is 18.6 Å². The third-order valence-electron chi connectivity index (χ3n) is 5.66. The highest BCUT2D eigenvalue weighted by Crippen LogP contribution is 2.41. The zero-order chi connectivity index (χ0) is 23.4. The van der Waals surface area contributed by atoms with Crippen molar-refractivity contribution in [1.29, 1.82) is 0 Å². The molecule has 0 spiro atoms. The lowest BCUT2D eigenvalue weighted by atomic mass is 10.1. The summed E-state index contributed by atoms with van der Waals surface area (Å²) in [4.78, 5) is 48.4. The minimum Gasteiger partial charge on any atom is -0.475 e.